The number of nitrogens with zero attached hydrogens (tertiary/aromatic N) is 7. The number of carbonyl (C=O) groups is 3. The van der Waals surface area contributed by atoms with Gasteiger partial charge in [-0.1, -0.05) is 23.4 Å². The third-order valence-electron chi connectivity index (χ3n) is 5.82. The van der Waals surface area contributed by atoms with E-state index >= 15 is 4.39 Å². The molecule has 5 rings (SSSR count). The first kappa shape index (κ1) is 26.1. The van der Waals surface area contributed by atoms with Crippen molar-refractivity contribution >= 4 is 36.3 Å². The number of pyridine rings is 1. The number of amides is 2. The lowest BCUT2D eigenvalue weighted by Crippen LogP contribution is -2.42. The molecule has 14 nitrogen and oxygen atoms in total. The number of phosphoric acid groups is 1. The molecule has 0 radical (unpaired) electrons. The van der Waals surface area contributed by atoms with Gasteiger partial charge in [0.2, 0.25) is 0 Å². The predicted octanol–water partition coefficient (Wildman–Crippen LogP) is 1.46. The SMILES string of the molecule is O=C(C(=O)N1C=CN(C(=O)c2ccccc2)CC1)c1cn(COP(=O)(O)O)c2c(-n3ccnn3)ncc(F)c12. The van der Waals surface area contributed by atoms with E-state index in [1.54, 1.807) is 30.3 Å². The number of carbonyl (C=O) groups excluding carboxylic acids is 3. The van der Waals surface area contributed by atoms with E-state index in [-0.39, 0.29) is 41.3 Å². The number of rotatable bonds is 7. The number of phosphoric ester groups is 1. The fourth-order valence-corrected chi connectivity index (χ4v) is 4.31. The maximum absolute atomic E-state index is 15.1. The molecule has 0 atom stereocenters. The normalized spacial score (nSPS) is 13.7. The van der Waals surface area contributed by atoms with Gasteiger partial charge >= 0.3 is 7.82 Å². The van der Waals surface area contributed by atoms with E-state index in [1.165, 1.54) is 29.7 Å². The molecule has 0 saturated heterocycles. The van der Waals surface area contributed by atoms with Crippen LogP contribution in [0.5, 0.6) is 0 Å². The fourth-order valence-electron chi connectivity index (χ4n) is 4.04. The van der Waals surface area contributed by atoms with Crippen LogP contribution in [0.3, 0.4) is 0 Å². The van der Waals surface area contributed by atoms with Gasteiger partial charge in [0.1, 0.15) is 6.73 Å². The summed E-state index contributed by atoms with van der Waals surface area (Å²) in [5, 5.41) is 7.13. The van der Waals surface area contributed by atoms with Gasteiger partial charge < -0.3 is 24.2 Å². The smallest absolute Gasteiger partial charge is 0.319 e. The van der Waals surface area contributed by atoms with Gasteiger partial charge in [-0.05, 0) is 12.1 Å². The second kappa shape index (κ2) is 10.3. The number of ketones is 1. The monoisotopic (exact) mass is 555 g/mol. The molecule has 39 heavy (non-hydrogen) atoms. The molecule has 16 heteroatoms. The zero-order chi connectivity index (χ0) is 27.7. The van der Waals surface area contributed by atoms with Crippen LogP contribution in [0.4, 0.5) is 4.39 Å². The minimum atomic E-state index is -4.96. The highest BCUT2D eigenvalue weighted by atomic mass is 31.2. The molecule has 0 fully saturated rings. The van der Waals surface area contributed by atoms with E-state index in [2.05, 4.69) is 19.8 Å². The molecule has 1 aliphatic rings. The van der Waals surface area contributed by atoms with Crippen LogP contribution in [-0.2, 0) is 20.6 Å². The summed E-state index contributed by atoms with van der Waals surface area (Å²) in [5.41, 5.74) is -0.0451. The first-order chi connectivity index (χ1) is 18.6. The Balaban J connectivity index is 1.48. The lowest BCUT2D eigenvalue weighted by molar-refractivity contribution is -0.124. The lowest BCUT2D eigenvalue weighted by atomic mass is 10.1. The second-order valence-electron chi connectivity index (χ2n) is 8.25. The minimum Gasteiger partial charge on any atom is -0.319 e. The van der Waals surface area contributed by atoms with Crippen LogP contribution < -0.4 is 0 Å². The van der Waals surface area contributed by atoms with Crippen molar-refractivity contribution in [2.45, 2.75) is 6.73 Å². The zero-order valence-electron chi connectivity index (χ0n) is 19.9. The summed E-state index contributed by atoms with van der Waals surface area (Å²) in [6.45, 7) is -0.695. The highest BCUT2D eigenvalue weighted by molar-refractivity contribution is 7.46. The van der Waals surface area contributed by atoms with E-state index in [1.807, 2.05) is 0 Å². The Labute approximate surface area is 218 Å². The quantitative estimate of drug-likeness (QED) is 0.193. The van der Waals surface area contributed by atoms with Crippen LogP contribution >= 0.6 is 7.82 Å². The van der Waals surface area contributed by atoms with Gasteiger partial charge in [-0.15, -0.1) is 5.10 Å². The first-order valence-corrected chi connectivity index (χ1v) is 12.8. The summed E-state index contributed by atoms with van der Waals surface area (Å²) in [6.07, 6.45) is 7.22. The number of aromatic nitrogens is 5. The van der Waals surface area contributed by atoms with Crippen LogP contribution in [-0.4, -0.2) is 74.8 Å². The van der Waals surface area contributed by atoms with Gasteiger partial charge in [-0.25, -0.2) is 18.6 Å². The van der Waals surface area contributed by atoms with Gasteiger partial charge in [0.15, 0.2) is 11.6 Å². The summed E-state index contributed by atoms with van der Waals surface area (Å²) < 4.78 is 33.1. The van der Waals surface area contributed by atoms with E-state index < -0.39 is 32.1 Å². The second-order valence-corrected chi connectivity index (χ2v) is 9.49. The van der Waals surface area contributed by atoms with Gasteiger partial charge in [0, 0.05) is 37.2 Å². The average Bonchev–Trinajstić information content (AvgIpc) is 3.61. The molecule has 0 spiro atoms. The van der Waals surface area contributed by atoms with E-state index in [9.17, 15) is 18.9 Å². The maximum atomic E-state index is 15.1. The highest BCUT2D eigenvalue weighted by Gasteiger charge is 2.31. The van der Waals surface area contributed by atoms with Crippen molar-refractivity contribution in [2.24, 2.45) is 0 Å². The molecular weight excluding hydrogens is 536 g/mol. The van der Waals surface area contributed by atoms with Crippen molar-refractivity contribution in [3.63, 3.8) is 0 Å². The standard InChI is InChI=1S/C23H19FN7O7P/c24-17-12-25-21(31-7-6-26-27-31)19-18(17)16(13-30(19)14-38-39(35,36)37)20(32)23(34)29-10-8-28(9-11-29)22(33)15-4-2-1-3-5-15/h1-8,10,12-13H,9,11,14H2,(H2,35,36,37). The molecule has 0 bridgehead atoms. The van der Waals surface area contributed by atoms with Crippen LogP contribution in [0, 0.1) is 5.82 Å². The van der Waals surface area contributed by atoms with E-state index in [0.717, 1.165) is 26.5 Å². The molecule has 4 heterocycles. The van der Waals surface area contributed by atoms with Crippen LogP contribution in [0.25, 0.3) is 16.7 Å². The van der Waals surface area contributed by atoms with Crippen molar-refractivity contribution < 1.29 is 37.6 Å². The van der Waals surface area contributed by atoms with E-state index in [0.29, 0.717) is 5.56 Å². The van der Waals surface area contributed by atoms with Gasteiger partial charge in [-0.3, -0.25) is 18.9 Å². The Morgan fingerprint density at radius 2 is 1.79 bits per heavy atom. The number of halogens is 1. The van der Waals surface area contributed by atoms with Gasteiger partial charge in [0.05, 0.1) is 35.1 Å². The number of hydrogen-bond donors (Lipinski definition) is 2. The molecule has 2 N–H and O–H groups in total. The molecule has 4 aromatic rings. The molecule has 200 valence electrons. The van der Waals surface area contributed by atoms with Crippen LogP contribution in [0.15, 0.2) is 67.5 Å². The molecule has 1 aromatic carbocycles. The molecular formula is C23H19FN7O7P. The van der Waals surface area contributed by atoms with Crippen molar-refractivity contribution in [3.05, 3.63) is 84.5 Å². The molecule has 2 amide bonds. The number of hydrogen-bond acceptors (Lipinski definition) is 8. The van der Waals surface area contributed by atoms with Gasteiger partial charge in [0.25, 0.3) is 17.6 Å². The highest BCUT2D eigenvalue weighted by Crippen LogP contribution is 2.37. The number of fused-ring (bicyclic) bond motifs is 1. The first-order valence-electron chi connectivity index (χ1n) is 11.3. The number of benzene rings is 1. The Bertz CT molecular complexity index is 1650. The third-order valence-corrected chi connectivity index (χ3v) is 6.28. The van der Waals surface area contributed by atoms with Crippen molar-refractivity contribution in [1.29, 1.82) is 0 Å². The Morgan fingerprint density at radius 3 is 2.44 bits per heavy atom. The largest absolute Gasteiger partial charge is 0.471 e. The van der Waals surface area contributed by atoms with Crippen LogP contribution in [0.1, 0.15) is 20.7 Å². The summed E-state index contributed by atoms with van der Waals surface area (Å²) >= 11 is 0. The van der Waals surface area contributed by atoms with E-state index in [4.69, 9.17) is 9.79 Å². The number of Topliss-reactive ketones (excluding diaryl/α,β-unsaturated/α-hetero) is 1. The molecule has 3 aromatic heterocycles. The summed E-state index contributed by atoms with van der Waals surface area (Å²) in [6, 6.07) is 8.53. The molecule has 0 unspecified atom stereocenters. The molecule has 1 aliphatic heterocycles. The lowest BCUT2D eigenvalue weighted by Gasteiger charge is -2.28. The molecule has 0 aliphatic carbocycles. The minimum absolute atomic E-state index is 0.00610. The van der Waals surface area contributed by atoms with Gasteiger partial charge in [-0.2, -0.15) is 0 Å². The Hall–Kier alpha value is -4.56. The molecule has 0 saturated carbocycles. The third kappa shape index (κ3) is 5.24. The van der Waals surface area contributed by atoms with Crippen molar-refractivity contribution in [1.82, 2.24) is 34.3 Å². The Kier molecular flexibility index (Phi) is 6.89. The fraction of sp³-hybridized carbons (Fsp3) is 0.130. The van der Waals surface area contributed by atoms with Crippen LogP contribution in [0.2, 0.25) is 0 Å². The topological polar surface area (TPSA) is 173 Å². The summed E-state index contributed by atoms with van der Waals surface area (Å²) in [7, 11) is -4.96. The zero-order valence-corrected chi connectivity index (χ0v) is 20.8. The Morgan fingerprint density at radius 1 is 1.08 bits per heavy atom. The summed E-state index contributed by atoms with van der Waals surface area (Å²) in [5.74, 6) is -3.39. The average molecular weight is 555 g/mol. The predicted molar refractivity (Wildman–Crippen MR) is 130 cm³/mol. The van der Waals surface area contributed by atoms with Crippen molar-refractivity contribution in [3.8, 4) is 5.82 Å². The maximum Gasteiger partial charge on any atom is 0.471 e. The summed E-state index contributed by atoms with van der Waals surface area (Å²) in [4.78, 5) is 63.9. The van der Waals surface area contributed by atoms with Crippen molar-refractivity contribution in [2.75, 3.05) is 13.1 Å².